The second kappa shape index (κ2) is 12.1. The Hall–Kier alpha value is -3.46. The van der Waals surface area contributed by atoms with E-state index in [2.05, 4.69) is 10.6 Å². The second-order valence-corrected chi connectivity index (χ2v) is 8.10. The van der Waals surface area contributed by atoms with Gasteiger partial charge in [-0.1, -0.05) is 6.07 Å². The predicted molar refractivity (Wildman–Crippen MR) is 124 cm³/mol. The standard InChI is InChI=1S/C25H30FN3O5/c1-33-15-12-27-24(31)22(28-23(30)19-4-3-5-21(16-19)34-2)17-10-13-29(14-11-17)25(32)18-6-8-20(26)9-7-18/h3-9,16-17,22H,10-15H2,1-2H3,(H,27,31)(H,28,30)/t22-/m1/s1. The van der Waals surface area contributed by atoms with Crippen LogP contribution in [0.5, 0.6) is 5.75 Å². The molecule has 9 heteroatoms. The summed E-state index contributed by atoms with van der Waals surface area (Å²) >= 11 is 0. The van der Waals surface area contributed by atoms with Crippen LogP contribution in [0.2, 0.25) is 0 Å². The summed E-state index contributed by atoms with van der Waals surface area (Å²) < 4.78 is 23.4. The number of piperidine rings is 1. The fourth-order valence-electron chi connectivity index (χ4n) is 3.98. The highest BCUT2D eigenvalue weighted by atomic mass is 19.1. The molecule has 3 rings (SSSR count). The third kappa shape index (κ3) is 6.54. The van der Waals surface area contributed by atoms with Gasteiger partial charge in [-0.2, -0.15) is 0 Å². The highest BCUT2D eigenvalue weighted by Crippen LogP contribution is 2.23. The number of nitrogens with zero attached hydrogens (tertiary/aromatic N) is 1. The molecule has 0 saturated carbocycles. The van der Waals surface area contributed by atoms with Crippen molar-refractivity contribution in [2.75, 3.05) is 40.5 Å². The molecule has 1 heterocycles. The normalized spacial score (nSPS) is 14.9. The predicted octanol–water partition coefficient (Wildman–Crippen LogP) is 2.25. The number of methoxy groups -OCH3 is 2. The summed E-state index contributed by atoms with van der Waals surface area (Å²) in [6, 6.07) is 11.4. The highest BCUT2D eigenvalue weighted by Gasteiger charge is 2.34. The van der Waals surface area contributed by atoms with Gasteiger partial charge in [-0.25, -0.2) is 4.39 Å². The van der Waals surface area contributed by atoms with Crippen LogP contribution in [-0.2, 0) is 9.53 Å². The molecule has 182 valence electrons. The Kier molecular flexibility index (Phi) is 8.98. The van der Waals surface area contributed by atoms with Crippen LogP contribution < -0.4 is 15.4 Å². The molecule has 0 unspecified atom stereocenters. The lowest BCUT2D eigenvalue weighted by molar-refractivity contribution is -0.124. The number of hydrogen-bond acceptors (Lipinski definition) is 5. The maximum Gasteiger partial charge on any atom is 0.253 e. The van der Waals surface area contributed by atoms with Crippen molar-refractivity contribution < 1.29 is 28.2 Å². The summed E-state index contributed by atoms with van der Waals surface area (Å²) in [6.45, 7) is 1.53. The van der Waals surface area contributed by atoms with E-state index in [1.54, 1.807) is 36.3 Å². The SMILES string of the molecule is COCCNC(=O)[C@H](NC(=O)c1cccc(OC)c1)C1CCN(C(=O)c2ccc(F)cc2)CC1. The fraction of sp³-hybridized carbons (Fsp3) is 0.400. The van der Waals surface area contributed by atoms with Crippen molar-refractivity contribution in [2.24, 2.45) is 5.92 Å². The molecule has 2 aromatic rings. The Morgan fingerprint density at radius 1 is 1.06 bits per heavy atom. The molecule has 34 heavy (non-hydrogen) atoms. The number of nitrogens with one attached hydrogen (secondary N) is 2. The summed E-state index contributed by atoms with van der Waals surface area (Å²) in [7, 11) is 3.06. The molecule has 2 aromatic carbocycles. The number of ether oxygens (including phenoxy) is 2. The zero-order valence-corrected chi connectivity index (χ0v) is 19.4. The van der Waals surface area contributed by atoms with Crippen molar-refractivity contribution in [3.05, 3.63) is 65.5 Å². The molecule has 2 N–H and O–H groups in total. The van der Waals surface area contributed by atoms with Gasteiger partial charge in [-0.3, -0.25) is 14.4 Å². The van der Waals surface area contributed by atoms with Crippen LogP contribution in [0.25, 0.3) is 0 Å². The van der Waals surface area contributed by atoms with Gasteiger partial charge in [-0.15, -0.1) is 0 Å². The third-order valence-electron chi connectivity index (χ3n) is 5.90. The molecule has 1 saturated heterocycles. The van der Waals surface area contributed by atoms with E-state index in [0.717, 1.165) is 0 Å². The number of halogens is 1. The minimum Gasteiger partial charge on any atom is -0.497 e. The summed E-state index contributed by atoms with van der Waals surface area (Å²) in [5.74, 6) is -0.868. The Morgan fingerprint density at radius 2 is 1.76 bits per heavy atom. The smallest absolute Gasteiger partial charge is 0.253 e. The maximum atomic E-state index is 13.2. The topological polar surface area (TPSA) is 97.0 Å². The number of carbonyl (C=O) groups is 3. The molecule has 1 atom stereocenters. The largest absolute Gasteiger partial charge is 0.497 e. The molecule has 0 aromatic heterocycles. The van der Waals surface area contributed by atoms with Gasteiger partial charge < -0.3 is 25.0 Å². The number of likely N-dealkylation sites (tertiary alicyclic amines) is 1. The summed E-state index contributed by atoms with van der Waals surface area (Å²) in [4.78, 5) is 40.3. The van der Waals surface area contributed by atoms with Gasteiger partial charge >= 0.3 is 0 Å². The molecule has 0 spiro atoms. The Balaban J connectivity index is 1.68. The highest BCUT2D eigenvalue weighted by molar-refractivity contribution is 5.98. The number of carbonyl (C=O) groups excluding carboxylic acids is 3. The van der Waals surface area contributed by atoms with E-state index >= 15 is 0 Å². The maximum absolute atomic E-state index is 13.2. The lowest BCUT2D eigenvalue weighted by atomic mass is 9.88. The summed E-state index contributed by atoms with van der Waals surface area (Å²) in [5, 5.41) is 5.68. The van der Waals surface area contributed by atoms with Crippen molar-refractivity contribution in [1.82, 2.24) is 15.5 Å². The molecule has 8 nitrogen and oxygen atoms in total. The lowest BCUT2D eigenvalue weighted by Gasteiger charge is -2.36. The van der Waals surface area contributed by atoms with E-state index in [-0.39, 0.29) is 23.6 Å². The van der Waals surface area contributed by atoms with Gasteiger partial charge in [0, 0.05) is 37.9 Å². The van der Waals surface area contributed by atoms with Crippen LogP contribution in [0.4, 0.5) is 4.39 Å². The van der Waals surface area contributed by atoms with Gasteiger partial charge in [0.2, 0.25) is 5.91 Å². The first-order chi connectivity index (χ1) is 16.4. The van der Waals surface area contributed by atoms with E-state index in [0.29, 0.717) is 56.0 Å². The Bertz CT molecular complexity index is 990. The number of rotatable bonds is 9. The average Bonchev–Trinajstić information content (AvgIpc) is 2.87. The first kappa shape index (κ1) is 25.2. The van der Waals surface area contributed by atoms with Gasteiger partial charge in [0.1, 0.15) is 17.6 Å². The van der Waals surface area contributed by atoms with Gasteiger partial charge in [-0.05, 0) is 61.2 Å². The van der Waals surface area contributed by atoms with Crippen LogP contribution >= 0.6 is 0 Å². The minimum atomic E-state index is -0.765. The van der Waals surface area contributed by atoms with Crippen molar-refractivity contribution in [1.29, 1.82) is 0 Å². The van der Waals surface area contributed by atoms with E-state index in [4.69, 9.17) is 9.47 Å². The molecular weight excluding hydrogens is 441 g/mol. The number of hydrogen-bond donors (Lipinski definition) is 2. The van der Waals surface area contributed by atoms with Crippen LogP contribution in [0.15, 0.2) is 48.5 Å². The van der Waals surface area contributed by atoms with E-state index in [1.165, 1.54) is 31.4 Å². The van der Waals surface area contributed by atoms with Crippen LogP contribution in [0, 0.1) is 11.7 Å². The quantitative estimate of drug-likeness (QED) is 0.547. The first-order valence-electron chi connectivity index (χ1n) is 11.2. The van der Waals surface area contributed by atoms with E-state index < -0.39 is 11.9 Å². The van der Waals surface area contributed by atoms with Gasteiger partial charge in [0.25, 0.3) is 11.8 Å². The number of amides is 3. The Morgan fingerprint density at radius 3 is 2.41 bits per heavy atom. The summed E-state index contributed by atoms with van der Waals surface area (Å²) in [6.07, 6.45) is 1.07. The molecule has 0 radical (unpaired) electrons. The van der Waals surface area contributed by atoms with Gasteiger partial charge in [0.05, 0.1) is 13.7 Å². The van der Waals surface area contributed by atoms with Crippen molar-refractivity contribution in [2.45, 2.75) is 18.9 Å². The molecule has 0 bridgehead atoms. The molecule has 1 aliphatic heterocycles. The third-order valence-corrected chi connectivity index (χ3v) is 5.90. The minimum absolute atomic E-state index is 0.158. The van der Waals surface area contributed by atoms with Crippen LogP contribution in [0.1, 0.15) is 33.6 Å². The lowest BCUT2D eigenvalue weighted by Crippen LogP contribution is -2.54. The van der Waals surface area contributed by atoms with Crippen LogP contribution in [0.3, 0.4) is 0 Å². The average molecular weight is 472 g/mol. The Labute approximate surface area is 198 Å². The molecule has 1 fully saturated rings. The molecular formula is C25H30FN3O5. The second-order valence-electron chi connectivity index (χ2n) is 8.10. The van der Waals surface area contributed by atoms with E-state index in [1.807, 2.05) is 0 Å². The molecule has 1 aliphatic rings. The van der Waals surface area contributed by atoms with E-state index in [9.17, 15) is 18.8 Å². The van der Waals surface area contributed by atoms with Crippen molar-refractivity contribution >= 4 is 17.7 Å². The monoisotopic (exact) mass is 471 g/mol. The fourth-order valence-corrected chi connectivity index (χ4v) is 3.98. The summed E-state index contributed by atoms with van der Waals surface area (Å²) in [5.41, 5.74) is 0.804. The molecule has 3 amide bonds. The van der Waals surface area contributed by atoms with Gasteiger partial charge in [0.15, 0.2) is 0 Å². The van der Waals surface area contributed by atoms with Crippen molar-refractivity contribution in [3.63, 3.8) is 0 Å². The van der Waals surface area contributed by atoms with Crippen molar-refractivity contribution in [3.8, 4) is 5.75 Å². The molecule has 0 aliphatic carbocycles. The zero-order chi connectivity index (χ0) is 24.5. The first-order valence-corrected chi connectivity index (χ1v) is 11.2. The zero-order valence-electron chi connectivity index (χ0n) is 19.4. The number of benzene rings is 2. The van der Waals surface area contributed by atoms with Crippen LogP contribution in [-0.4, -0.2) is 69.1 Å².